The Morgan fingerprint density at radius 3 is 2.59 bits per heavy atom. The van der Waals surface area contributed by atoms with Crippen molar-refractivity contribution in [3.05, 3.63) is 87.9 Å². The number of ketones is 1. The van der Waals surface area contributed by atoms with Gasteiger partial charge in [0.05, 0.1) is 34.2 Å². The van der Waals surface area contributed by atoms with Crippen molar-refractivity contribution >= 4 is 50.4 Å². The molecule has 5 rings (SSSR count). The number of nitrogens with zero attached hydrogens (tertiary/aromatic N) is 2. The van der Waals surface area contributed by atoms with Crippen LogP contribution < -0.4 is 9.64 Å². The molecule has 1 saturated heterocycles. The first-order chi connectivity index (χ1) is 16.4. The van der Waals surface area contributed by atoms with Gasteiger partial charge in [-0.1, -0.05) is 24.3 Å². The lowest BCUT2D eigenvalue weighted by Crippen LogP contribution is -2.30. The first kappa shape index (κ1) is 21.7. The van der Waals surface area contributed by atoms with Gasteiger partial charge in [-0.25, -0.2) is 4.98 Å². The molecular weight excluding hydrogens is 502 g/mol. The second kappa shape index (κ2) is 8.35. The lowest BCUT2D eigenvalue weighted by Gasteiger charge is -2.23. The van der Waals surface area contributed by atoms with E-state index >= 15 is 0 Å². The van der Waals surface area contributed by atoms with Gasteiger partial charge < -0.3 is 19.9 Å². The minimum absolute atomic E-state index is 0.0418. The molecule has 3 aromatic carbocycles. The number of nitrogens with one attached hydrogen (secondary N) is 1. The number of phenols is 1. The van der Waals surface area contributed by atoms with Gasteiger partial charge in [0.15, 0.2) is 0 Å². The van der Waals surface area contributed by atoms with Crippen molar-refractivity contribution in [1.82, 2.24) is 9.97 Å². The smallest absolute Gasteiger partial charge is 0.302 e. The molecule has 8 nitrogen and oxygen atoms in total. The average Bonchev–Trinajstić information content (AvgIpc) is 3.37. The Morgan fingerprint density at radius 2 is 1.88 bits per heavy atom. The topological polar surface area (TPSA) is 116 Å². The number of rotatable bonds is 4. The largest absolute Gasteiger partial charge is 0.508 e. The van der Waals surface area contributed by atoms with Crippen LogP contribution in [0.15, 0.2) is 76.8 Å². The molecule has 1 amide bonds. The zero-order valence-electron chi connectivity index (χ0n) is 17.8. The lowest BCUT2D eigenvalue weighted by molar-refractivity contribution is -0.132. The number of methoxy groups -OCH3 is 1. The Balaban J connectivity index is 1.73. The maximum absolute atomic E-state index is 13.2. The van der Waals surface area contributed by atoms with Crippen LogP contribution >= 0.6 is 15.9 Å². The Hall–Kier alpha value is -4.11. The number of aliphatic hydroxyl groups excluding tert-OH is 1. The summed E-state index contributed by atoms with van der Waals surface area (Å²) in [5.41, 5.74) is 1.95. The number of fused-ring (bicyclic) bond motifs is 1. The van der Waals surface area contributed by atoms with Crippen molar-refractivity contribution in [3.63, 3.8) is 0 Å². The molecule has 2 heterocycles. The van der Waals surface area contributed by atoms with Gasteiger partial charge in [-0.3, -0.25) is 14.5 Å². The van der Waals surface area contributed by atoms with Crippen LogP contribution in [0.25, 0.3) is 16.8 Å². The number of ether oxygens (including phenoxy) is 1. The van der Waals surface area contributed by atoms with E-state index in [4.69, 9.17) is 4.74 Å². The number of carbonyl (C=O) groups is 2. The number of hydrogen-bond acceptors (Lipinski definition) is 6. The predicted molar refractivity (Wildman–Crippen MR) is 130 cm³/mol. The van der Waals surface area contributed by atoms with E-state index in [2.05, 4.69) is 25.9 Å². The monoisotopic (exact) mass is 519 g/mol. The third-order valence-corrected chi connectivity index (χ3v) is 6.28. The zero-order valence-corrected chi connectivity index (χ0v) is 19.4. The van der Waals surface area contributed by atoms with Gasteiger partial charge in [0, 0.05) is 5.56 Å². The van der Waals surface area contributed by atoms with Gasteiger partial charge in [-0.15, -0.1) is 0 Å². The number of aliphatic hydroxyl groups is 1. The van der Waals surface area contributed by atoms with Crippen molar-refractivity contribution in [2.24, 2.45) is 0 Å². The van der Waals surface area contributed by atoms with Crippen molar-refractivity contribution in [2.45, 2.75) is 6.04 Å². The molecule has 0 bridgehead atoms. The highest BCUT2D eigenvalue weighted by atomic mass is 79.9. The molecule has 0 spiro atoms. The normalized spacial score (nSPS) is 17.5. The molecule has 170 valence electrons. The number of anilines is 1. The Morgan fingerprint density at radius 1 is 1.09 bits per heavy atom. The van der Waals surface area contributed by atoms with Crippen LogP contribution in [0.4, 0.5) is 5.95 Å². The number of phenolic OH excluding ortho intramolecular Hbond substituents is 1. The highest BCUT2D eigenvalue weighted by Gasteiger charge is 2.48. The predicted octanol–water partition coefficient (Wildman–Crippen LogP) is 4.67. The van der Waals surface area contributed by atoms with Crippen molar-refractivity contribution < 1.29 is 24.5 Å². The molecule has 1 aliphatic heterocycles. The molecule has 0 radical (unpaired) electrons. The highest BCUT2D eigenvalue weighted by Crippen LogP contribution is 2.42. The van der Waals surface area contributed by atoms with E-state index in [-0.39, 0.29) is 23.0 Å². The number of benzene rings is 3. The molecule has 3 N–H and O–H groups in total. The number of hydrogen-bond donors (Lipinski definition) is 3. The van der Waals surface area contributed by atoms with Gasteiger partial charge >= 0.3 is 5.91 Å². The molecule has 1 fully saturated rings. The van der Waals surface area contributed by atoms with Crippen LogP contribution in [0, 0.1) is 0 Å². The highest BCUT2D eigenvalue weighted by molar-refractivity contribution is 9.10. The average molecular weight is 520 g/mol. The molecular formula is C25H18BrN3O5. The summed E-state index contributed by atoms with van der Waals surface area (Å²) in [6, 6.07) is 17.2. The summed E-state index contributed by atoms with van der Waals surface area (Å²) in [5.74, 6) is -1.40. The van der Waals surface area contributed by atoms with E-state index < -0.39 is 17.7 Å². The van der Waals surface area contributed by atoms with Gasteiger partial charge in [-0.05, 0) is 64.0 Å². The SMILES string of the molecule is COc1ccc(/C(O)=C2\C(=O)C(=O)N(c3nc4ccccc4[nH]3)C2c2cccc(O)c2)cc1Br. The summed E-state index contributed by atoms with van der Waals surface area (Å²) in [7, 11) is 1.51. The van der Waals surface area contributed by atoms with Crippen LogP contribution in [0.2, 0.25) is 0 Å². The third-order valence-electron chi connectivity index (χ3n) is 5.66. The molecule has 34 heavy (non-hydrogen) atoms. The summed E-state index contributed by atoms with van der Waals surface area (Å²) >= 11 is 3.38. The molecule has 0 saturated carbocycles. The fraction of sp³-hybridized carbons (Fsp3) is 0.0800. The van der Waals surface area contributed by atoms with E-state index in [0.29, 0.717) is 32.4 Å². The fourth-order valence-corrected chi connectivity index (χ4v) is 4.62. The number of aromatic amines is 1. The second-order valence-electron chi connectivity index (χ2n) is 7.69. The van der Waals surface area contributed by atoms with Crippen LogP contribution in [0.1, 0.15) is 17.2 Å². The van der Waals surface area contributed by atoms with Gasteiger partial charge in [0.1, 0.15) is 17.3 Å². The van der Waals surface area contributed by atoms with E-state index in [1.54, 1.807) is 42.5 Å². The lowest BCUT2D eigenvalue weighted by atomic mass is 9.95. The number of H-pyrrole nitrogens is 1. The number of imidazole rings is 1. The molecule has 9 heteroatoms. The van der Waals surface area contributed by atoms with E-state index in [1.165, 1.54) is 24.1 Å². The van der Waals surface area contributed by atoms with Crippen LogP contribution in [-0.2, 0) is 9.59 Å². The number of Topliss-reactive ketones (excluding diaryl/α,β-unsaturated/α-hetero) is 1. The molecule has 1 aliphatic rings. The van der Waals surface area contributed by atoms with E-state index in [9.17, 15) is 19.8 Å². The minimum atomic E-state index is -1.02. The number of halogens is 1. The summed E-state index contributed by atoms with van der Waals surface area (Å²) in [6.45, 7) is 0. The maximum Gasteiger partial charge on any atom is 0.302 e. The standard InChI is InChI=1S/C25H18BrN3O5/c1-34-19-10-9-14(12-16(19)26)22(31)20-21(13-5-4-6-15(30)11-13)29(24(33)23(20)32)25-27-17-7-2-3-8-18(17)28-25/h2-12,21,30-31H,1H3,(H,27,28)/b22-20+. The summed E-state index contributed by atoms with van der Waals surface area (Å²) in [6.07, 6.45) is 0. The van der Waals surface area contributed by atoms with E-state index in [1.807, 2.05) is 12.1 Å². The number of amides is 1. The number of para-hydroxylation sites is 2. The second-order valence-corrected chi connectivity index (χ2v) is 8.55. The summed E-state index contributed by atoms with van der Waals surface area (Å²) in [5, 5.41) is 21.3. The molecule has 1 aromatic heterocycles. The van der Waals surface area contributed by atoms with Crippen molar-refractivity contribution in [3.8, 4) is 11.5 Å². The number of aromatic nitrogens is 2. The van der Waals surface area contributed by atoms with Gasteiger partial charge in [0.2, 0.25) is 5.95 Å². The Bertz CT molecular complexity index is 1460. The molecule has 0 aliphatic carbocycles. The Kier molecular flexibility index (Phi) is 5.33. The zero-order chi connectivity index (χ0) is 24.0. The number of carbonyl (C=O) groups excluding carboxylic acids is 2. The first-order valence-corrected chi connectivity index (χ1v) is 11.1. The van der Waals surface area contributed by atoms with Crippen molar-refractivity contribution in [1.29, 1.82) is 0 Å². The molecule has 1 atom stereocenters. The van der Waals surface area contributed by atoms with E-state index in [0.717, 1.165) is 0 Å². The minimum Gasteiger partial charge on any atom is -0.508 e. The maximum atomic E-state index is 13.2. The fourth-order valence-electron chi connectivity index (χ4n) is 4.08. The van der Waals surface area contributed by atoms with Crippen LogP contribution in [-0.4, -0.2) is 39.0 Å². The summed E-state index contributed by atoms with van der Waals surface area (Å²) < 4.78 is 5.81. The van der Waals surface area contributed by atoms with Gasteiger partial charge in [-0.2, -0.15) is 0 Å². The summed E-state index contributed by atoms with van der Waals surface area (Å²) in [4.78, 5) is 35.3. The van der Waals surface area contributed by atoms with Crippen molar-refractivity contribution in [2.75, 3.05) is 12.0 Å². The van der Waals surface area contributed by atoms with Crippen LogP contribution in [0.3, 0.4) is 0 Å². The third kappa shape index (κ3) is 3.50. The molecule has 1 unspecified atom stereocenters. The van der Waals surface area contributed by atoms with Gasteiger partial charge in [0.25, 0.3) is 5.78 Å². The molecule has 4 aromatic rings. The number of aromatic hydroxyl groups is 1. The van der Waals surface area contributed by atoms with Crippen LogP contribution in [0.5, 0.6) is 11.5 Å². The quantitative estimate of drug-likeness (QED) is 0.205. The Labute approximate surface area is 202 Å². The first-order valence-electron chi connectivity index (χ1n) is 10.3.